The van der Waals surface area contributed by atoms with E-state index in [4.69, 9.17) is 14.2 Å². The number of hydrogen-bond acceptors (Lipinski definition) is 5. The Morgan fingerprint density at radius 2 is 1.72 bits per heavy atom. The number of alkyl halides is 3. The molecule has 136 valence electrons. The summed E-state index contributed by atoms with van der Waals surface area (Å²) < 4.78 is 53.4. The van der Waals surface area contributed by atoms with E-state index in [0.717, 1.165) is 26.4 Å². The van der Waals surface area contributed by atoms with Gasteiger partial charge in [0.05, 0.1) is 25.9 Å². The summed E-state index contributed by atoms with van der Waals surface area (Å²) in [6, 6.07) is 4.05. The Morgan fingerprint density at radius 3 is 2.12 bits per heavy atom. The molecule has 2 rings (SSSR count). The maximum atomic E-state index is 12.7. The number of carbonyl (C=O) groups is 2. The third-order valence-electron chi connectivity index (χ3n) is 4.18. The van der Waals surface area contributed by atoms with Crippen LogP contribution in [0.1, 0.15) is 23.7 Å². The molecule has 5 nitrogen and oxygen atoms in total. The number of rotatable bonds is 4. The van der Waals surface area contributed by atoms with Gasteiger partial charge in [-0.25, -0.2) is 0 Å². The molecular formula is C17H17F3O5. The van der Waals surface area contributed by atoms with Gasteiger partial charge in [-0.1, -0.05) is 18.2 Å². The van der Waals surface area contributed by atoms with Crippen LogP contribution in [0.5, 0.6) is 0 Å². The van der Waals surface area contributed by atoms with E-state index < -0.39 is 41.3 Å². The van der Waals surface area contributed by atoms with Crippen molar-refractivity contribution in [2.24, 2.45) is 5.41 Å². The predicted octanol–water partition coefficient (Wildman–Crippen LogP) is 3.05. The maximum absolute atomic E-state index is 12.7. The van der Waals surface area contributed by atoms with E-state index in [2.05, 4.69) is 6.58 Å². The lowest BCUT2D eigenvalue weighted by Gasteiger charge is -2.28. The molecule has 0 radical (unpaired) electrons. The maximum Gasteiger partial charge on any atom is 0.416 e. The van der Waals surface area contributed by atoms with Crippen molar-refractivity contribution < 1.29 is 37.0 Å². The number of hydrogen-bond donors (Lipinski definition) is 0. The molecule has 0 spiro atoms. The van der Waals surface area contributed by atoms with Crippen molar-refractivity contribution in [3.05, 3.63) is 48.0 Å². The van der Waals surface area contributed by atoms with Crippen LogP contribution in [0.15, 0.2) is 36.9 Å². The zero-order valence-corrected chi connectivity index (χ0v) is 13.6. The Morgan fingerprint density at radius 1 is 1.20 bits per heavy atom. The smallest absolute Gasteiger partial charge is 0.416 e. The van der Waals surface area contributed by atoms with Crippen molar-refractivity contribution in [1.29, 1.82) is 0 Å². The average Bonchev–Trinajstić information content (AvgIpc) is 3.00. The number of ether oxygens (including phenoxy) is 3. The van der Waals surface area contributed by atoms with E-state index in [0.29, 0.717) is 0 Å². The molecule has 0 aliphatic carbocycles. The van der Waals surface area contributed by atoms with Crippen molar-refractivity contribution >= 4 is 11.9 Å². The Hall–Kier alpha value is -2.35. The van der Waals surface area contributed by atoms with E-state index in [1.54, 1.807) is 0 Å². The van der Waals surface area contributed by atoms with Crippen LogP contribution in [-0.4, -0.2) is 32.3 Å². The number of methoxy groups -OCH3 is 2. The molecule has 1 aliphatic heterocycles. The molecule has 8 heteroatoms. The molecule has 0 saturated carbocycles. The van der Waals surface area contributed by atoms with Gasteiger partial charge in [0.2, 0.25) is 0 Å². The summed E-state index contributed by atoms with van der Waals surface area (Å²) in [5.41, 5.74) is -2.44. The lowest BCUT2D eigenvalue weighted by atomic mass is 9.76. The zero-order chi connectivity index (χ0) is 18.8. The monoisotopic (exact) mass is 358 g/mol. The van der Waals surface area contributed by atoms with Crippen LogP contribution < -0.4 is 0 Å². The van der Waals surface area contributed by atoms with Crippen LogP contribution in [0, 0.1) is 5.41 Å². The van der Waals surface area contributed by atoms with Gasteiger partial charge in [-0.2, -0.15) is 13.2 Å². The topological polar surface area (TPSA) is 61.8 Å². The van der Waals surface area contributed by atoms with Crippen LogP contribution in [-0.2, 0) is 30.0 Å². The summed E-state index contributed by atoms with van der Waals surface area (Å²) in [6.07, 6.45) is -4.99. The predicted molar refractivity (Wildman–Crippen MR) is 80.3 cm³/mol. The molecule has 0 bridgehead atoms. The Balaban J connectivity index is 2.52. The minimum atomic E-state index is -4.50. The summed E-state index contributed by atoms with van der Waals surface area (Å²) in [6.45, 7) is 3.58. The molecule has 1 aromatic rings. The second-order valence-electron chi connectivity index (χ2n) is 5.57. The first-order valence-corrected chi connectivity index (χ1v) is 7.32. The molecule has 1 aromatic carbocycles. The van der Waals surface area contributed by atoms with Gasteiger partial charge in [0, 0.05) is 6.42 Å². The van der Waals surface area contributed by atoms with Gasteiger partial charge in [0.1, 0.15) is 6.10 Å². The van der Waals surface area contributed by atoms with Gasteiger partial charge >= 0.3 is 18.1 Å². The van der Waals surface area contributed by atoms with E-state index in [1.165, 1.54) is 18.2 Å². The highest BCUT2D eigenvalue weighted by Crippen LogP contribution is 2.50. The van der Waals surface area contributed by atoms with Crippen molar-refractivity contribution in [3.63, 3.8) is 0 Å². The van der Waals surface area contributed by atoms with E-state index in [1.807, 2.05) is 0 Å². The molecule has 2 atom stereocenters. The minimum Gasteiger partial charge on any atom is -0.468 e. The largest absolute Gasteiger partial charge is 0.468 e. The van der Waals surface area contributed by atoms with Gasteiger partial charge in [-0.15, -0.1) is 6.58 Å². The van der Waals surface area contributed by atoms with E-state index in [9.17, 15) is 22.8 Å². The number of benzene rings is 1. The molecule has 1 fully saturated rings. The summed E-state index contributed by atoms with van der Waals surface area (Å²) in [5, 5.41) is 0. The fraction of sp³-hybridized carbons (Fsp3) is 0.412. The van der Waals surface area contributed by atoms with Gasteiger partial charge in [0.15, 0.2) is 5.41 Å². The Bertz CT molecular complexity index is 650. The summed E-state index contributed by atoms with van der Waals surface area (Å²) in [5.74, 6) is -1.76. The molecule has 0 unspecified atom stereocenters. The van der Waals surface area contributed by atoms with Crippen molar-refractivity contribution in [3.8, 4) is 0 Å². The third-order valence-corrected chi connectivity index (χ3v) is 4.18. The second kappa shape index (κ2) is 6.87. The van der Waals surface area contributed by atoms with Crippen LogP contribution in [0.25, 0.3) is 0 Å². The summed E-state index contributed by atoms with van der Waals surface area (Å²) in [7, 11) is 2.22. The van der Waals surface area contributed by atoms with Crippen LogP contribution in [0.2, 0.25) is 0 Å². The summed E-state index contributed by atoms with van der Waals surface area (Å²) in [4.78, 5) is 24.8. The number of esters is 2. The van der Waals surface area contributed by atoms with Crippen LogP contribution in [0.4, 0.5) is 13.2 Å². The highest BCUT2D eigenvalue weighted by molar-refractivity contribution is 6.01. The van der Waals surface area contributed by atoms with Gasteiger partial charge in [0.25, 0.3) is 0 Å². The number of carbonyl (C=O) groups excluding carboxylic acids is 2. The quantitative estimate of drug-likeness (QED) is 0.470. The minimum absolute atomic E-state index is 0.0818. The first-order valence-electron chi connectivity index (χ1n) is 7.32. The zero-order valence-electron chi connectivity index (χ0n) is 13.6. The lowest BCUT2D eigenvalue weighted by Crippen LogP contribution is -2.43. The van der Waals surface area contributed by atoms with Gasteiger partial charge < -0.3 is 14.2 Å². The molecule has 1 aliphatic rings. The van der Waals surface area contributed by atoms with Crippen molar-refractivity contribution in [1.82, 2.24) is 0 Å². The lowest BCUT2D eigenvalue weighted by molar-refractivity contribution is -0.173. The van der Waals surface area contributed by atoms with Crippen molar-refractivity contribution in [2.75, 3.05) is 14.2 Å². The standard InChI is InChI=1S/C17H17F3O5/c1-4-12-9-16(14(21)23-2,15(22)24-3)13(25-12)10-5-7-11(8-6-10)17(18,19)20/h4-8,12-13H,1,9H2,2-3H3/t12-,13+/m0/s1. The molecule has 25 heavy (non-hydrogen) atoms. The van der Waals surface area contributed by atoms with Gasteiger partial charge in [-0.05, 0) is 17.7 Å². The molecule has 0 amide bonds. The first kappa shape index (κ1) is 19.0. The molecular weight excluding hydrogens is 341 g/mol. The molecule has 1 heterocycles. The molecule has 0 aromatic heterocycles. The molecule has 1 saturated heterocycles. The number of halogens is 3. The second-order valence-corrected chi connectivity index (χ2v) is 5.57. The summed E-state index contributed by atoms with van der Waals surface area (Å²) >= 11 is 0. The third kappa shape index (κ3) is 3.26. The van der Waals surface area contributed by atoms with Crippen LogP contribution >= 0.6 is 0 Å². The first-order chi connectivity index (χ1) is 11.7. The molecule has 0 N–H and O–H groups in total. The fourth-order valence-corrected chi connectivity index (χ4v) is 2.94. The highest BCUT2D eigenvalue weighted by Gasteiger charge is 2.61. The average molecular weight is 358 g/mol. The SMILES string of the molecule is C=C[C@H]1CC(C(=O)OC)(C(=O)OC)[C@@H](c2ccc(C(F)(F)F)cc2)O1. The van der Waals surface area contributed by atoms with Crippen LogP contribution in [0.3, 0.4) is 0 Å². The van der Waals surface area contributed by atoms with E-state index in [-0.39, 0.29) is 12.0 Å². The fourth-order valence-electron chi connectivity index (χ4n) is 2.94. The highest BCUT2D eigenvalue weighted by atomic mass is 19.4. The van der Waals surface area contributed by atoms with Gasteiger partial charge in [-0.3, -0.25) is 9.59 Å². The Labute approximate surface area is 142 Å². The normalized spacial score (nSPS) is 22.3. The van der Waals surface area contributed by atoms with Crippen molar-refractivity contribution in [2.45, 2.75) is 24.8 Å². The van der Waals surface area contributed by atoms with E-state index >= 15 is 0 Å². The Kier molecular flexibility index (Phi) is 5.22.